The van der Waals surface area contributed by atoms with Crippen LogP contribution in [0, 0.1) is 24.2 Å². The Labute approximate surface area is 223 Å². The molecule has 1 fully saturated rings. The highest BCUT2D eigenvalue weighted by Crippen LogP contribution is 2.22. The fraction of sp³-hybridized carbons (Fsp3) is 0.241. The van der Waals surface area contributed by atoms with Crippen molar-refractivity contribution in [1.82, 2.24) is 14.8 Å². The first kappa shape index (κ1) is 27.1. The first-order chi connectivity index (χ1) is 17.5. The smallest absolute Gasteiger partial charge is 0.409 e. The van der Waals surface area contributed by atoms with E-state index in [0.29, 0.717) is 29.7 Å². The molecule has 7 heteroatoms. The van der Waals surface area contributed by atoms with Crippen LogP contribution >= 0.6 is 23.2 Å². The summed E-state index contributed by atoms with van der Waals surface area (Å²) < 4.78 is 5.10. The molecule has 1 aliphatic rings. The Bertz CT molecular complexity index is 1240. The Kier molecular flexibility index (Phi) is 10.7. The van der Waals surface area contributed by atoms with Gasteiger partial charge in [-0.3, -0.25) is 9.88 Å². The number of ether oxygens (including phenoxy) is 1. The third kappa shape index (κ3) is 8.33. The van der Waals surface area contributed by atoms with Gasteiger partial charge in [-0.1, -0.05) is 59.2 Å². The van der Waals surface area contributed by atoms with Crippen molar-refractivity contribution >= 4 is 29.3 Å². The number of benzene rings is 2. The van der Waals surface area contributed by atoms with E-state index in [1.807, 2.05) is 61.7 Å². The van der Waals surface area contributed by atoms with Crippen molar-refractivity contribution in [3.63, 3.8) is 0 Å². The first-order valence-electron chi connectivity index (χ1n) is 11.5. The lowest BCUT2D eigenvalue weighted by atomic mass is 10.1. The van der Waals surface area contributed by atoms with Gasteiger partial charge in [0.2, 0.25) is 0 Å². The van der Waals surface area contributed by atoms with Crippen LogP contribution < -0.4 is 0 Å². The molecule has 184 valence electrons. The minimum atomic E-state index is -0.250. The maximum atomic E-state index is 11.9. The van der Waals surface area contributed by atoms with Crippen molar-refractivity contribution in [1.29, 1.82) is 0 Å². The maximum absolute atomic E-state index is 11.9. The third-order valence-electron chi connectivity index (χ3n) is 5.37. The Morgan fingerprint density at radius 1 is 1.03 bits per heavy atom. The molecule has 0 radical (unpaired) electrons. The fourth-order valence-corrected chi connectivity index (χ4v) is 3.98. The number of hydrogen-bond donors (Lipinski definition) is 0. The number of aromatic nitrogens is 1. The van der Waals surface area contributed by atoms with E-state index in [1.54, 1.807) is 23.2 Å². The highest BCUT2D eigenvalue weighted by molar-refractivity contribution is 6.30. The van der Waals surface area contributed by atoms with Gasteiger partial charge >= 0.3 is 6.09 Å². The zero-order valence-corrected chi connectivity index (χ0v) is 21.5. The monoisotopic (exact) mass is 519 g/mol. The number of halogens is 2. The van der Waals surface area contributed by atoms with Crippen LogP contribution in [0.25, 0.3) is 0 Å². The molecule has 4 rings (SSSR count). The molecule has 0 bridgehead atoms. The van der Waals surface area contributed by atoms with Gasteiger partial charge < -0.3 is 9.64 Å². The minimum Gasteiger partial charge on any atom is -0.450 e. The van der Waals surface area contributed by atoms with Crippen LogP contribution in [-0.2, 0) is 4.74 Å². The Morgan fingerprint density at radius 3 is 2.25 bits per heavy atom. The highest BCUT2D eigenvalue weighted by atomic mass is 35.5. The molecule has 2 aromatic carbocycles. The average molecular weight is 520 g/mol. The summed E-state index contributed by atoms with van der Waals surface area (Å²) in [6.45, 7) is 4.90. The van der Waals surface area contributed by atoms with Crippen LogP contribution in [0.1, 0.15) is 29.7 Å². The van der Waals surface area contributed by atoms with Crippen molar-refractivity contribution in [3.8, 4) is 24.2 Å². The van der Waals surface area contributed by atoms with Crippen LogP contribution in [0.5, 0.6) is 0 Å². The molecule has 0 N–H and O–H groups in total. The van der Waals surface area contributed by atoms with Crippen molar-refractivity contribution in [2.45, 2.75) is 13.0 Å². The molecule has 1 saturated heterocycles. The van der Waals surface area contributed by atoms with E-state index in [4.69, 9.17) is 34.4 Å². The predicted octanol–water partition coefficient (Wildman–Crippen LogP) is 5.92. The molecule has 0 aliphatic carbocycles. The number of terminal acetylenes is 1. The van der Waals surface area contributed by atoms with E-state index in [-0.39, 0.29) is 12.1 Å². The second-order valence-corrected chi connectivity index (χ2v) is 8.72. The van der Waals surface area contributed by atoms with Crippen molar-refractivity contribution in [3.05, 3.63) is 99.8 Å². The number of carbonyl (C=O) groups excluding carboxylic acids is 1. The molecule has 0 saturated carbocycles. The van der Waals surface area contributed by atoms with Crippen LogP contribution in [0.3, 0.4) is 0 Å². The van der Waals surface area contributed by atoms with Crippen molar-refractivity contribution in [2.75, 3.05) is 32.8 Å². The zero-order chi connectivity index (χ0) is 25.8. The van der Waals surface area contributed by atoms with E-state index in [1.165, 1.54) is 0 Å². The van der Waals surface area contributed by atoms with E-state index in [9.17, 15) is 4.79 Å². The van der Waals surface area contributed by atoms with Gasteiger partial charge in [0.1, 0.15) is 0 Å². The third-order valence-corrected chi connectivity index (χ3v) is 5.84. The van der Waals surface area contributed by atoms with E-state index >= 15 is 0 Å². The van der Waals surface area contributed by atoms with Crippen LogP contribution in [-0.4, -0.2) is 53.7 Å². The van der Waals surface area contributed by atoms with Crippen LogP contribution in [0.2, 0.25) is 10.0 Å². The topological polar surface area (TPSA) is 45.7 Å². The average Bonchev–Trinajstić information content (AvgIpc) is 2.90. The number of pyridine rings is 1. The van der Waals surface area contributed by atoms with Gasteiger partial charge in [-0.2, -0.15) is 0 Å². The van der Waals surface area contributed by atoms with Gasteiger partial charge in [0.15, 0.2) is 0 Å². The molecule has 1 atom stereocenters. The number of nitrogens with zero attached hydrogens (tertiary/aromatic N) is 3. The Balaban J connectivity index is 0.000000338. The molecule has 1 aliphatic heterocycles. The number of hydrogen-bond acceptors (Lipinski definition) is 4. The van der Waals surface area contributed by atoms with Crippen LogP contribution in [0.4, 0.5) is 4.79 Å². The number of piperazine rings is 1. The quantitative estimate of drug-likeness (QED) is 0.402. The van der Waals surface area contributed by atoms with Crippen LogP contribution in [0.15, 0.2) is 73.1 Å². The summed E-state index contributed by atoms with van der Waals surface area (Å²) in [4.78, 5) is 20.2. The Morgan fingerprint density at radius 2 is 1.69 bits per heavy atom. The maximum Gasteiger partial charge on any atom is 0.409 e. The van der Waals surface area contributed by atoms with Gasteiger partial charge in [-0.15, -0.1) is 6.42 Å². The van der Waals surface area contributed by atoms with Gasteiger partial charge in [0.05, 0.1) is 12.6 Å². The SMILES string of the molecule is C#Cc1cccc(Cl)c1.CCOC(=O)N1CCN(C(C#Cc2cccc(Cl)c2)c2cccnc2)CC1. The normalized spacial score (nSPS) is 13.8. The molecule has 5 nitrogen and oxygen atoms in total. The summed E-state index contributed by atoms with van der Waals surface area (Å²) in [7, 11) is 0. The number of amides is 1. The predicted molar refractivity (Wildman–Crippen MR) is 145 cm³/mol. The molecule has 1 amide bonds. The van der Waals surface area contributed by atoms with Gasteiger partial charge in [0.25, 0.3) is 0 Å². The zero-order valence-electron chi connectivity index (χ0n) is 20.0. The largest absolute Gasteiger partial charge is 0.450 e. The summed E-state index contributed by atoms with van der Waals surface area (Å²) in [6, 6.07) is 18.6. The van der Waals surface area contributed by atoms with Gasteiger partial charge in [-0.05, 0) is 55.0 Å². The van der Waals surface area contributed by atoms with Crippen molar-refractivity contribution in [2.24, 2.45) is 0 Å². The Hall–Kier alpha value is -3.48. The summed E-state index contributed by atoms with van der Waals surface area (Å²) in [6.07, 6.45) is 8.46. The van der Waals surface area contributed by atoms with E-state index in [0.717, 1.165) is 29.8 Å². The lowest BCUT2D eigenvalue weighted by Crippen LogP contribution is -2.49. The minimum absolute atomic E-state index is 0.0953. The molecule has 1 aromatic heterocycles. The highest BCUT2D eigenvalue weighted by Gasteiger charge is 2.26. The molecular formula is C29H27Cl2N3O2. The van der Waals surface area contributed by atoms with Gasteiger partial charge in [-0.25, -0.2) is 4.79 Å². The van der Waals surface area contributed by atoms with E-state index in [2.05, 4.69) is 27.6 Å². The number of rotatable bonds is 3. The molecule has 3 aromatic rings. The van der Waals surface area contributed by atoms with Gasteiger partial charge in [0, 0.05) is 59.7 Å². The number of carbonyl (C=O) groups is 1. The summed E-state index contributed by atoms with van der Waals surface area (Å²) in [5.74, 6) is 9.07. The fourth-order valence-electron chi connectivity index (χ4n) is 3.60. The molecule has 0 spiro atoms. The standard InChI is InChI=1S/C21H22ClN3O2.C8H5Cl/c1-2-27-21(26)25-13-11-24(12-14-25)20(18-6-4-10-23-16-18)9-8-17-5-3-7-19(22)15-17;1-2-7-4-3-5-8(9)6-7/h3-7,10,15-16,20H,2,11-14H2,1H3;1,3-6H. The first-order valence-corrected chi connectivity index (χ1v) is 12.3. The van der Waals surface area contributed by atoms with E-state index < -0.39 is 0 Å². The molecular weight excluding hydrogens is 493 g/mol. The molecule has 1 unspecified atom stereocenters. The lowest BCUT2D eigenvalue weighted by molar-refractivity contribution is 0.0735. The lowest BCUT2D eigenvalue weighted by Gasteiger charge is -2.37. The molecule has 2 heterocycles. The summed E-state index contributed by atoms with van der Waals surface area (Å²) >= 11 is 11.7. The van der Waals surface area contributed by atoms with Crippen molar-refractivity contribution < 1.29 is 9.53 Å². The summed E-state index contributed by atoms with van der Waals surface area (Å²) in [5, 5.41) is 1.35. The molecule has 36 heavy (non-hydrogen) atoms. The summed E-state index contributed by atoms with van der Waals surface area (Å²) in [5.41, 5.74) is 2.74. The second kappa shape index (κ2) is 14.2. The second-order valence-electron chi connectivity index (χ2n) is 7.85.